The average molecular weight is 418 g/mol. The van der Waals surface area contributed by atoms with Crippen LogP contribution in [0.1, 0.15) is 37.9 Å². The van der Waals surface area contributed by atoms with Gasteiger partial charge in [-0.25, -0.2) is 4.79 Å². The summed E-state index contributed by atoms with van der Waals surface area (Å²) < 4.78 is 16.5. The summed E-state index contributed by atoms with van der Waals surface area (Å²) in [7, 11) is 0. The topological polar surface area (TPSA) is 73.9 Å². The standard InChI is InChI=1S/C22H24ClNO5/c1-14(15-6-4-8-17(23)10-15)24-19(25)12-28-20(26)13-27-18-9-5-7-16-11-22(2,3)29-21(16)18/h4-10,14H,11-13H2,1-3H3,(H,24,25)/t14-/m1/s1. The van der Waals surface area contributed by atoms with Crippen LogP contribution in [0.15, 0.2) is 42.5 Å². The van der Waals surface area contributed by atoms with E-state index in [4.69, 9.17) is 25.8 Å². The zero-order valence-electron chi connectivity index (χ0n) is 16.7. The molecule has 1 amide bonds. The fourth-order valence-electron chi connectivity index (χ4n) is 3.17. The van der Waals surface area contributed by atoms with E-state index in [-0.39, 0.29) is 24.9 Å². The molecule has 0 unspecified atom stereocenters. The lowest BCUT2D eigenvalue weighted by atomic mass is 10.0. The van der Waals surface area contributed by atoms with Gasteiger partial charge in [0.25, 0.3) is 5.91 Å². The molecule has 0 saturated heterocycles. The summed E-state index contributed by atoms with van der Waals surface area (Å²) in [5.41, 5.74) is 1.59. The molecule has 0 fully saturated rings. The highest BCUT2D eigenvalue weighted by atomic mass is 35.5. The summed E-state index contributed by atoms with van der Waals surface area (Å²) in [5.74, 6) is 0.101. The Morgan fingerprint density at radius 1 is 1.21 bits per heavy atom. The number of fused-ring (bicyclic) bond motifs is 1. The third kappa shape index (κ3) is 5.64. The van der Waals surface area contributed by atoms with Crippen LogP contribution in [-0.2, 0) is 20.7 Å². The average Bonchev–Trinajstić information content (AvgIpc) is 2.99. The van der Waals surface area contributed by atoms with Crippen LogP contribution in [0.5, 0.6) is 11.5 Å². The van der Waals surface area contributed by atoms with Gasteiger partial charge in [0.05, 0.1) is 6.04 Å². The van der Waals surface area contributed by atoms with Crippen molar-refractivity contribution in [2.24, 2.45) is 0 Å². The van der Waals surface area contributed by atoms with Gasteiger partial charge >= 0.3 is 5.97 Å². The maximum Gasteiger partial charge on any atom is 0.344 e. The first-order valence-corrected chi connectivity index (χ1v) is 9.75. The largest absolute Gasteiger partial charge is 0.483 e. The van der Waals surface area contributed by atoms with Crippen LogP contribution in [0.3, 0.4) is 0 Å². The summed E-state index contributed by atoms with van der Waals surface area (Å²) in [4.78, 5) is 24.0. The van der Waals surface area contributed by atoms with Gasteiger partial charge in [-0.15, -0.1) is 0 Å². The molecule has 0 aromatic heterocycles. The molecule has 154 valence electrons. The number of hydrogen-bond acceptors (Lipinski definition) is 5. The number of esters is 1. The van der Waals surface area contributed by atoms with Crippen molar-refractivity contribution >= 4 is 23.5 Å². The van der Waals surface area contributed by atoms with E-state index in [2.05, 4.69) is 5.32 Å². The smallest absolute Gasteiger partial charge is 0.344 e. The number of carbonyl (C=O) groups excluding carboxylic acids is 2. The second kappa shape index (κ2) is 8.74. The molecule has 1 aliphatic heterocycles. The molecular weight excluding hydrogens is 394 g/mol. The highest BCUT2D eigenvalue weighted by molar-refractivity contribution is 6.30. The van der Waals surface area contributed by atoms with Crippen molar-refractivity contribution in [1.29, 1.82) is 0 Å². The Balaban J connectivity index is 1.45. The quantitative estimate of drug-likeness (QED) is 0.692. The third-order valence-corrected chi connectivity index (χ3v) is 4.73. The highest BCUT2D eigenvalue weighted by Gasteiger charge is 2.32. The molecule has 2 aromatic rings. The zero-order valence-corrected chi connectivity index (χ0v) is 17.4. The van der Waals surface area contributed by atoms with Gasteiger partial charge in [0.1, 0.15) is 5.60 Å². The molecule has 1 heterocycles. The normalized spacial score (nSPS) is 15.0. The summed E-state index contributed by atoms with van der Waals surface area (Å²) >= 11 is 5.96. The minimum Gasteiger partial charge on any atom is -0.483 e. The number of ether oxygens (including phenoxy) is 3. The number of hydrogen-bond donors (Lipinski definition) is 1. The van der Waals surface area contributed by atoms with E-state index in [1.165, 1.54) is 0 Å². The molecule has 1 atom stereocenters. The monoisotopic (exact) mass is 417 g/mol. The van der Waals surface area contributed by atoms with E-state index < -0.39 is 11.9 Å². The first kappa shape index (κ1) is 21.0. The number of rotatable bonds is 7. The van der Waals surface area contributed by atoms with Crippen molar-refractivity contribution in [3.8, 4) is 11.5 Å². The maximum atomic E-state index is 12.0. The van der Waals surface area contributed by atoms with Crippen molar-refractivity contribution in [2.75, 3.05) is 13.2 Å². The second-order valence-corrected chi connectivity index (χ2v) is 8.01. The fraction of sp³-hybridized carbons (Fsp3) is 0.364. The summed E-state index contributed by atoms with van der Waals surface area (Å²) in [6.07, 6.45) is 0.773. The number of amides is 1. The Bertz CT molecular complexity index is 912. The fourth-order valence-corrected chi connectivity index (χ4v) is 3.37. The van der Waals surface area contributed by atoms with Crippen LogP contribution in [0.25, 0.3) is 0 Å². The molecule has 0 bridgehead atoms. The van der Waals surface area contributed by atoms with Crippen LogP contribution in [0, 0.1) is 0 Å². The lowest BCUT2D eigenvalue weighted by Gasteiger charge is -2.18. The van der Waals surface area contributed by atoms with E-state index in [1.807, 2.05) is 45.0 Å². The van der Waals surface area contributed by atoms with Crippen LogP contribution in [0.4, 0.5) is 0 Å². The summed E-state index contributed by atoms with van der Waals surface area (Å²) in [5, 5.41) is 3.35. The Hall–Kier alpha value is -2.73. The lowest BCUT2D eigenvalue weighted by molar-refractivity contribution is -0.150. The van der Waals surface area contributed by atoms with E-state index >= 15 is 0 Å². The number of nitrogens with one attached hydrogen (secondary N) is 1. The van der Waals surface area contributed by atoms with Gasteiger partial charge in [-0.2, -0.15) is 0 Å². The van der Waals surface area contributed by atoms with E-state index in [0.717, 1.165) is 17.5 Å². The molecule has 1 N–H and O–H groups in total. The predicted molar refractivity (Wildman–Crippen MR) is 109 cm³/mol. The Morgan fingerprint density at radius 3 is 2.72 bits per heavy atom. The van der Waals surface area contributed by atoms with Crippen molar-refractivity contribution in [2.45, 2.75) is 38.8 Å². The Morgan fingerprint density at radius 2 is 1.97 bits per heavy atom. The zero-order chi connectivity index (χ0) is 21.0. The molecule has 6 nitrogen and oxygen atoms in total. The molecule has 3 rings (SSSR count). The summed E-state index contributed by atoms with van der Waals surface area (Å²) in [6, 6.07) is 12.5. The van der Waals surface area contributed by atoms with Crippen molar-refractivity contribution in [3.05, 3.63) is 58.6 Å². The molecule has 29 heavy (non-hydrogen) atoms. The van der Waals surface area contributed by atoms with Crippen LogP contribution in [0.2, 0.25) is 5.02 Å². The van der Waals surface area contributed by atoms with Gasteiger partial charge in [-0.1, -0.05) is 35.9 Å². The minimum atomic E-state index is -0.634. The molecule has 0 spiro atoms. The van der Waals surface area contributed by atoms with Crippen molar-refractivity contribution < 1.29 is 23.8 Å². The van der Waals surface area contributed by atoms with Gasteiger partial charge in [0, 0.05) is 17.0 Å². The van der Waals surface area contributed by atoms with E-state index in [9.17, 15) is 9.59 Å². The molecule has 0 saturated carbocycles. The number of halogens is 1. The van der Waals surface area contributed by atoms with Gasteiger partial charge in [-0.05, 0) is 44.5 Å². The number of benzene rings is 2. The molecule has 7 heteroatoms. The predicted octanol–water partition coefficient (Wildman–Crippen LogP) is 3.85. The maximum absolute atomic E-state index is 12.0. The number of para-hydroxylation sites is 1. The molecule has 1 aliphatic rings. The van der Waals surface area contributed by atoms with Gasteiger partial charge in [0.2, 0.25) is 0 Å². The summed E-state index contributed by atoms with van der Waals surface area (Å²) in [6.45, 7) is 5.12. The molecule has 0 radical (unpaired) electrons. The van der Waals surface area contributed by atoms with Gasteiger partial charge in [0.15, 0.2) is 24.7 Å². The highest BCUT2D eigenvalue weighted by Crippen LogP contribution is 2.41. The minimum absolute atomic E-state index is 0.261. The van der Waals surface area contributed by atoms with Crippen LogP contribution in [-0.4, -0.2) is 30.7 Å². The first-order chi connectivity index (χ1) is 13.7. The molecular formula is C22H24ClNO5. The van der Waals surface area contributed by atoms with E-state index in [0.29, 0.717) is 16.5 Å². The molecule has 0 aliphatic carbocycles. The second-order valence-electron chi connectivity index (χ2n) is 7.58. The molecule has 2 aromatic carbocycles. The Labute approximate surface area is 175 Å². The SMILES string of the molecule is C[C@@H](NC(=O)COC(=O)COc1cccc2c1OC(C)(C)C2)c1cccc(Cl)c1. The Kier molecular flexibility index (Phi) is 6.33. The van der Waals surface area contributed by atoms with Gasteiger partial charge in [-0.3, -0.25) is 4.79 Å². The van der Waals surface area contributed by atoms with Gasteiger partial charge < -0.3 is 19.5 Å². The van der Waals surface area contributed by atoms with Crippen LogP contribution < -0.4 is 14.8 Å². The van der Waals surface area contributed by atoms with Crippen molar-refractivity contribution in [1.82, 2.24) is 5.32 Å². The van der Waals surface area contributed by atoms with Crippen molar-refractivity contribution in [3.63, 3.8) is 0 Å². The number of carbonyl (C=O) groups is 2. The van der Waals surface area contributed by atoms with Crippen LogP contribution >= 0.6 is 11.6 Å². The van der Waals surface area contributed by atoms with E-state index in [1.54, 1.807) is 18.2 Å². The first-order valence-electron chi connectivity index (χ1n) is 9.38. The lowest BCUT2D eigenvalue weighted by Crippen LogP contribution is -2.32. The third-order valence-electron chi connectivity index (χ3n) is 4.49.